The molecule has 1 fully saturated rings. The summed E-state index contributed by atoms with van der Waals surface area (Å²) >= 11 is 6.35. The third-order valence-electron chi connectivity index (χ3n) is 6.90. The quantitative estimate of drug-likeness (QED) is 0.854. The van der Waals surface area contributed by atoms with Crippen molar-refractivity contribution in [2.45, 2.75) is 43.6 Å². The Bertz CT molecular complexity index is 886. The van der Waals surface area contributed by atoms with Gasteiger partial charge in [0.05, 0.1) is 0 Å². The standard InChI is InChI=1S/C23H25ClN2O/c24-21-7-3-5-18-19(21)14-17(25-22(18)27)15-26-12-10-23(11-13-26)9-8-16-4-1-2-6-20(16)23/h1-7,17H,8-15H2,(H,25,27). The predicted octanol–water partition coefficient (Wildman–Crippen LogP) is 3.97. The van der Waals surface area contributed by atoms with Crippen LogP contribution in [0.3, 0.4) is 0 Å². The van der Waals surface area contributed by atoms with Crippen molar-refractivity contribution in [2.24, 2.45) is 0 Å². The first-order valence-electron chi connectivity index (χ1n) is 10.0. The van der Waals surface area contributed by atoms with Crippen LogP contribution in [0.1, 0.15) is 46.3 Å². The monoisotopic (exact) mass is 380 g/mol. The molecule has 1 unspecified atom stereocenters. The van der Waals surface area contributed by atoms with E-state index in [1.54, 1.807) is 11.1 Å². The molecule has 0 bridgehead atoms. The van der Waals surface area contributed by atoms with E-state index in [1.807, 2.05) is 18.2 Å². The summed E-state index contributed by atoms with van der Waals surface area (Å²) in [6.07, 6.45) is 5.79. The van der Waals surface area contributed by atoms with E-state index < -0.39 is 0 Å². The lowest BCUT2D eigenvalue weighted by Crippen LogP contribution is -2.51. The van der Waals surface area contributed by atoms with Gasteiger partial charge in [-0.1, -0.05) is 41.9 Å². The van der Waals surface area contributed by atoms with Crippen LogP contribution in [0.2, 0.25) is 5.02 Å². The number of likely N-dealkylation sites (tertiary alicyclic amines) is 1. The zero-order valence-corrected chi connectivity index (χ0v) is 16.3. The summed E-state index contributed by atoms with van der Waals surface area (Å²) in [5.74, 6) is 0.0157. The molecule has 1 amide bonds. The fourth-order valence-electron chi connectivity index (χ4n) is 5.41. The van der Waals surface area contributed by atoms with Crippen LogP contribution >= 0.6 is 11.6 Å². The number of amides is 1. The summed E-state index contributed by atoms with van der Waals surface area (Å²) in [6, 6.07) is 14.8. The van der Waals surface area contributed by atoms with Gasteiger partial charge in [-0.25, -0.2) is 0 Å². The number of rotatable bonds is 2. The first-order chi connectivity index (χ1) is 13.1. The highest BCUT2D eigenvalue weighted by molar-refractivity contribution is 6.32. The van der Waals surface area contributed by atoms with Gasteiger partial charge in [-0.3, -0.25) is 4.79 Å². The Labute approximate surface area is 165 Å². The maximum atomic E-state index is 12.4. The van der Waals surface area contributed by atoms with Gasteiger partial charge in [0.2, 0.25) is 0 Å². The first kappa shape index (κ1) is 17.3. The summed E-state index contributed by atoms with van der Waals surface area (Å²) in [6.45, 7) is 3.13. The second-order valence-corrected chi connectivity index (χ2v) is 8.79. The Morgan fingerprint density at radius 3 is 2.74 bits per heavy atom. The molecule has 2 aliphatic heterocycles. The van der Waals surface area contributed by atoms with Gasteiger partial charge in [-0.15, -0.1) is 0 Å². The number of hydrogen-bond donors (Lipinski definition) is 1. The van der Waals surface area contributed by atoms with Gasteiger partial charge >= 0.3 is 0 Å². The van der Waals surface area contributed by atoms with Gasteiger partial charge in [-0.2, -0.15) is 0 Å². The molecule has 4 heteroatoms. The minimum Gasteiger partial charge on any atom is -0.348 e. The van der Waals surface area contributed by atoms with Crippen molar-refractivity contribution in [2.75, 3.05) is 19.6 Å². The minimum absolute atomic E-state index is 0.0157. The Morgan fingerprint density at radius 1 is 1.07 bits per heavy atom. The van der Waals surface area contributed by atoms with Gasteiger partial charge in [0.1, 0.15) is 0 Å². The van der Waals surface area contributed by atoms with Crippen molar-refractivity contribution in [1.29, 1.82) is 0 Å². The SMILES string of the molecule is O=C1NC(CN2CCC3(CCc4ccccc43)CC2)Cc2c(Cl)cccc21. The number of benzene rings is 2. The van der Waals surface area contributed by atoms with E-state index in [4.69, 9.17) is 11.6 Å². The number of carbonyl (C=O) groups is 1. The van der Waals surface area contributed by atoms with E-state index in [-0.39, 0.29) is 11.9 Å². The Balaban J connectivity index is 1.26. The zero-order chi connectivity index (χ0) is 18.4. The highest BCUT2D eigenvalue weighted by Crippen LogP contribution is 2.46. The maximum absolute atomic E-state index is 12.4. The van der Waals surface area contributed by atoms with Crippen molar-refractivity contribution < 1.29 is 4.79 Å². The van der Waals surface area contributed by atoms with Gasteiger partial charge in [0.25, 0.3) is 5.91 Å². The Hall–Kier alpha value is -1.84. The number of carbonyl (C=O) groups excluding carboxylic acids is 1. The lowest BCUT2D eigenvalue weighted by Gasteiger charge is -2.41. The second-order valence-electron chi connectivity index (χ2n) is 8.38. The molecule has 0 aromatic heterocycles. The molecule has 0 radical (unpaired) electrons. The molecule has 5 rings (SSSR count). The van der Waals surface area contributed by atoms with Crippen LogP contribution in [0.4, 0.5) is 0 Å². The van der Waals surface area contributed by atoms with Crippen LogP contribution in [0.25, 0.3) is 0 Å². The minimum atomic E-state index is 0.0157. The molecule has 140 valence electrons. The van der Waals surface area contributed by atoms with E-state index in [1.165, 1.54) is 25.7 Å². The summed E-state index contributed by atoms with van der Waals surface area (Å²) < 4.78 is 0. The molecular weight excluding hydrogens is 356 g/mol. The molecule has 0 saturated carbocycles. The lowest BCUT2D eigenvalue weighted by atomic mass is 9.74. The molecule has 2 heterocycles. The van der Waals surface area contributed by atoms with E-state index in [0.29, 0.717) is 10.4 Å². The Morgan fingerprint density at radius 2 is 1.89 bits per heavy atom. The molecule has 3 aliphatic rings. The number of halogens is 1. The van der Waals surface area contributed by atoms with Crippen molar-refractivity contribution in [3.63, 3.8) is 0 Å². The first-order valence-corrected chi connectivity index (χ1v) is 10.4. The van der Waals surface area contributed by atoms with Gasteiger partial charge in [-0.05, 0) is 79.4 Å². The number of nitrogens with zero attached hydrogens (tertiary/aromatic N) is 1. The largest absolute Gasteiger partial charge is 0.348 e. The number of nitrogens with one attached hydrogen (secondary N) is 1. The van der Waals surface area contributed by atoms with Crippen LogP contribution in [0.15, 0.2) is 42.5 Å². The Kier molecular flexibility index (Phi) is 4.25. The molecule has 1 saturated heterocycles. The van der Waals surface area contributed by atoms with Gasteiger partial charge < -0.3 is 10.2 Å². The van der Waals surface area contributed by atoms with E-state index in [0.717, 1.165) is 37.2 Å². The summed E-state index contributed by atoms with van der Waals surface area (Å²) in [5.41, 5.74) is 5.27. The highest BCUT2D eigenvalue weighted by Gasteiger charge is 2.41. The van der Waals surface area contributed by atoms with Gasteiger partial charge in [0, 0.05) is 23.2 Å². The van der Waals surface area contributed by atoms with E-state index >= 15 is 0 Å². The molecule has 3 nitrogen and oxygen atoms in total. The predicted molar refractivity (Wildman–Crippen MR) is 109 cm³/mol. The molecule has 1 atom stereocenters. The number of hydrogen-bond acceptors (Lipinski definition) is 2. The third kappa shape index (κ3) is 2.97. The zero-order valence-electron chi connectivity index (χ0n) is 15.5. The van der Waals surface area contributed by atoms with Crippen LogP contribution in [-0.2, 0) is 18.3 Å². The highest BCUT2D eigenvalue weighted by atomic mass is 35.5. The average molecular weight is 381 g/mol. The van der Waals surface area contributed by atoms with Crippen LogP contribution in [0, 0.1) is 0 Å². The van der Waals surface area contributed by atoms with Crippen LogP contribution in [0.5, 0.6) is 0 Å². The smallest absolute Gasteiger partial charge is 0.251 e. The maximum Gasteiger partial charge on any atom is 0.251 e. The molecule has 2 aromatic carbocycles. The van der Waals surface area contributed by atoms with E-state index in [9.17, 15) is 4.79 Å². The van der Waals surface area contributed by atoms with Crippen LogP contribution < -0.4 is 5.32 Å². The average Bonchev–Trinajstić information content (AvgIpc) is 3.04. The fraction of sp³-hybridized carbons (Fsp3) is 0.435. The molecule has 27 heavy (non-hydrogen) atoms. The third-order valence-corrected chi connectivity index (χ3v) is 7.26. The van der Waals surface area contributed by atoms with E-state index in [2.05, 4.69) is 34.5 Å². The van der Waals surface area contributed by atoms with Crippen LogP contribution in [-0.4, -0.2) is 36.5 Å². The normalized spacial score (nSPS) is 23.7. The molecule has 1 spiro atoms. The molecule has 2 aromatic rings. The number of fused-ring (bicyclic) bond motifs is 3. The van der Waals surface area contributed by atoms with Crippen molar-refractivity contribution >= 4 is 17.5 Å². The second kappa shape index (κ2) is 6.65. The number of aryl methyl sites for hydroxylation is 1. The summed E-state index contributed by atoms with van der Waals surface area (Å²) in [7, 11) is 0. The van der Waals surface area contributed by atoms with Crippen molar-refractivity contribution in [1.82, 2.24) is 10.2 Å². The van der Waals surface area contributed by atoms with Crippen molar-refractivity contribution in [3.05, 3.63) is 69.7 Å². The lowest BCUT2D eigenvalue weighted by molar-refractivity contribution is 0.0892. The molecule has 1 aliphatic carbocycles. The van der Waals surface area contributed by atoms with Gasteiger partial charge in [0.15, 0.2) is 0 Å². The fourth-order valence-corrected chi connectivity index (χ4v) is 5.66. The molecular formula is C23H25ClN2O. The molecule has 1 N–H and O–H groups in total. The van der Waals surface area contributed by atoms with Crippen molar-refractivity contribution in [3.8, 4) is 0 Å². The summed E-state index contributed by atoms with van der Waals surface area (Å²) in [5, 5.41) is 3.90. The number of piperidine rings is 1. The summed E-state index contributed by atoms with van der Waals surface area (Å²) in [4.78, 5) is 15.0. The topological polar surface area (TPSA) is 32.3 Å².